The summed E-state index contributed by atoms with van der Waals surface area (Å²) in [6.07, 6.45) is 4.70. The van der Waals surface area contributed by atoms with Crippen molar-refractivity contribution in [2.24, 2.45) is 5.92 Å². The third-order valence-electron chi connectivity index (χ3n) is 6.78. The van der Waals surface area contributed by atoms with E-state index in [4.69, 9.17) is 11.6 Å². The van der Waals surface area contributed by atoms with Gasteiger partial charge in [-0.1, -0.05) is 73.0 Å². The van der Waals surface area contributed by atoms with Crippen LogP contribution in [-0.4, -0.2) is 34.1 Å². The van der Waals surface area contributed by atoms with E-state index in [1.54, 1.807) is 0 Å². The Balaban J connectivity index is 1.66. The van der Waals surface area contributed by atoms with Gasteiger partial charge in [0, 0.05) is 24.0 Å². The third kappa shape index (κ3) is 4.56. The summed E-state index contributed by atoms with van der Waals surface area (Å²) >= 11 is 6.45. The molecule has 3 atom stereocenters. The van der Waals surface area contributed by atoms with Gasteiger partial charge in [-0.2, -0.15) is 0 Å². The molecule has 2 fully saturated rings. The molecule has 160 valence electrons. The molecule has 0 spiro atoms. The molecule has 2 aromatic rings. The van der Waals surface area contributed by atoms with Gasteiger partial charge in [-0.25, -0.2) is 0 Å². The Morgan fingerprint density at radius 2 is 1.80 bits per heavy atom. The van der Waals surface area contributed by atoms with Crippen molar-refractivity contribution < 1.29 is 9.90 Å². The number of nitrogens with zero attached hydrogens (tertiary/aromatic N) is 1. The molecule has 1 aliphatic heterocycles. The summed E-state index contributed by atoms with van der Waals surface area (Å²) in [6.45, 7) is 3.26. The number of piperidine rings is 1. The van der Waals surface area contributed by atoms with Gasteiger partial charge in [-0.15, -0.1) is 0 Å². The normalized spacial score (nSPS) is 27.8. The van der Waals surface area contributed by atoms with Gasteiger partial charge in [0.25, 0.3) is 0 Å². The van der Waals surface area contributed by atoms with Crippen LogP contribution in [0.5, 0.6) is 0 Å². The highest BCUT2D eigenvalue weighted by Gasteiger charge is 2.46. The maximum absolute atomic E-state index is 13.0. The predicted octanol–water partition coefficient (Wildman–Crippen LogP) is 4.71. The highest BCUT2D eigenvalue weighted by Crippen LogP contribution is 2.39. The summed E-state index contributed by atoms with van der Waals surface area (Å²) < 4.78 is 0. The Kier molecular flexibility index (Phi) is 6.47. The van der Waals surface area contributed by atoms with Crippen molar-refractivity contribution in [1.29, 1.82) is 0 Å². The molecule has 5 heteroatoms. The summed E-state index contributed by atoms with van der Waals surface area (Å²) in [4.78, 5) is 15.4. The number of nitrogens with one attached hydrogen (secondary N) is 1. The standard InChI is InChI=1S/C25H31ClN2O2/c1-25(30)15-16-28(17-20-13-7-8-14-21(20)26)22(18-9-3-2-4-10-18)23(25)27-24(29)19-11-5-6-12-19/h2-4,7-10,13-14,19,22-23,30H,5-6,11-12,15-17H2,1H3,(H,27,29)/t22-,23-,25+/m0/s1. The number of halogens is 1. The molecular weight excluding hydrogens is 396 g/mol. The fourth-order valence-electron chi connectivity index (χ4n) is 4.99. The van der Waals surface area contributed by atoms with Gasteiger partial charge in [0.2, 0.25) is 5.91 Å². The number of carbonyl (C=O) groups is 1. The van der Waals surface area contributed by atoms with Crippen LogP contribution >= 0.6 is 11.6 Å². The molecule has 0 bridgehead atoms. The van der Waals surface area contributed by atoms with E-state index in [0.717, 1.165) is 48.4 Å². The molecule has 1 amide bonds. The van der Waals surface area contributed by atoms with Gasteiger partial charge in [-0.3, -0.25) is 9.69 Å². The third-order valence-corrected chi connectivity index (χ3v) is 7.15. The summed E-state index contributed by atoms with van der Waals surface area (Å²) in [5, 5.41) is 15.3. The van der Waals surface area contributed by atoms with Crippen LogP contribution in [0.15, 0.2) is 54.6 Å². The summed E-state index contributed by atoms with van der Waals surface area (Å²) in [5.74, 6) is 0.148. The van der Waals surface area contributed by atoms with Crippen LogP contribution < -0.4 is 5.32 Å². The van der Waals surface area contributed by atoms with Gasteiger partial charge in [0.1, 0.15) is 0 Å². The molecule has 1 heterocycles. The minimum Gasteiger partial charge on any atom is -0.388 e. The molecule has 0 unspecified atom stereocenters. The largest absolute Gasteiger partial charge is 0.388 e. The predicted molar refractivity (Wildman–Crippen MR) is 120 cm³/mol. The van der Waals surface area contributed by atoms with E-state index in [9.17, 15) is 9.90 Å². The summed E-state index contributed by atoms with van der Waals surface area (Å²) in [6, 6.07) is 17.6. The minimum atomic E-state index is -0.980. The molecular formula is C25H31ClN2O2. The van der Waals surface area contributed by atoms with Crippen molar-refractivity contribution in [3.63, 3.8) is 0 Å². The van der Waals surface area contributed by atoms with Crippen molar-refractivity contribution in [2.75, 3.05) is 6.54 Å². The van der Waals surface area contributed by atoms with Crippen LogP contribution in [0.1, 0.15) is 56.2 Å². The van der Waals surface area contributed by atoms with Crippen molar-refractivity contribution in [3.8, 4) is 0 Å². The maximum atomic E-state index is 13.0. The van der Waals surface area contributed by atoms with Gasteiger partial charge in [-0.05, 0) is 43.4 Å². The van der Waals surface area contributed by atoms with Crippen molar-refractivity contribution >= 4 is 17.5 Å². The quantitative estimate of drug-likeness (QED) is 0.727. The first-order valence-electron chi connectivity index (χ1n) is 11.0. The van der Waals surface area contributed by atoms with Crippen molar-refractivity contribution in [2.45, 2.75) is 63.3 Å². The Hall–Kier alpha value is -1.88. The van der Waals surface area contributed by atoms with E-state index in [1.165, 1.54) is 0 Å². The minimum absolute atomic E-state index is 0.0659. The Bertz CT molecular complexity index is 864. The number of rotatable bonds is 5. The highest BCUT2D eigenvalue weighted by atomic mass is 35.5. The lowest BCUT2D eigenvalue weighted by molar-refractivity contribution is -0.132. The zero-order chi connectivity index (χ0) is 21.1. The zero-order valence-corrected chi connectivity index (χ0v) is 18.3. The lowest BCUT2D eigenvalue weighted by atomic mass is 9.79. The first kappa shape index (κ1) is 21.4. The number of hydrogen-bond donors (Lipinski definition) is 2. The SMILES string of the molecule is C[C@@]1(O)CCN(Cc2ccccc2Cl)[C@@H](c2ccccc2)[C@@H]1NC(=O)C1CCCC1. The van der Waals surface area contributed by atoms with E-state index in [2.05, 4.69) is 22.3 Å². The Labute approximate surface area is 184 Å². The molecule has 4 rings (SSSR count). The molecule has 1 aliphatic carbocycles. The van der Waals surface area contributed by atoms with Crippen LogP contribution in [-0.2, 0) is 11.3 Å². The van der Waals surface area contributed by atoms with Crippen molar-refractivity contribution in [3.05, 3.63) is 70.7 Å². The average molecular weight is 427 g/mol. The molecule has 0 aromatic heterocycles. The second-order valence-electron chi connectivity index (χ2n) is 8.99. The molecule has 4 nitrogen and oxygen atoms in total. The van der Waals surface area contributed by atoms with Crippen LogP contribution in [0.4, 0.5) is 0 Å². The topological polar surface area (TPSA) is 52.6 Å². The summed E-state index contributed by atoms with van der Waals surface area (Å²) in [5.41, 5.74) is 1.18. The molecule has 0 radical (unpaired) electrons. The van der Waals surface area contributed by atoms with Crippen molar-refractivity contribution in [1.82, 2.24) is 10.2 Å². The van der Waals surface area contributed by atoms with Gasteiger partial charge < -0.3 is 10.4 Å². The van der Waals surface area contributed by atoms with Crippen LogP contribution in [0.3, 0.4) is 0 Å². The van der Waals surface area contributed by atoms with Crippen LogP contribution in [0, 0.1) is 5.92 Å². The van der Waals surface area contributed by atoms with E-state index >= 15 is 0 Å². The molecule has 2 aromatic carbocycles. The fourth-order valence-corrected chi connectivity index (χ4v) is 5.18. The number of carbonyl (C=O) groups excluding carboxylic acids is 1. The number of likely N-dealkylation sites (tertiary alicyclic amines) is 1. The van der Waals surface area contributed by atoms with Crippen LogP contribution in [0.25, 0.3) is 0 Å². The number of aliphatic hydroxyl groups is 1. The number of amides is 1. The first-order valence-corrected chi connectivity index (χ1v) is 11.4. The Morgan fingerprint density at radius 3 is 2.50 bits per heavy atom. The molecule has 1 saturated heterocycles. The lowest BCUT2D eigenvalue weighted by Crippen LogP contribution is -2.62. The van der Waals surface area contributed by atoms with E-state index in [1.807, 2.05) is 49.4 Å². The first-order chi connectivity index (χ1) is 14.5. The maximum Gasteiger partial charge on any atom is 0.223 e. The van der Waals surface area contributed by atoms with E-state index < -0.39 is 5.60 Å². The van der Waals surface area contributed by atoms with E-state index in [0.29, 0.717) is 13.0 Å². The monoisotopic (exact) mass is 426 g/mol. The number of benzene rings is 2. The second kappa shape index (κ2) is 9.09. The summed E-state index contributed by atoms with van der Waals surface area (Å²) in [7, 11) is 0. The Morgan fingerprint density at radius 1 is 1.13 bits per heavy atom. The molecule has 1 saturated carbocycles. The second-order valence-corrected chi connectivity index (χ2v) is 9.40. The highest BCUT2D eigenvalue weighted by molar-refractivity contribution is 6.31. The van der Waals surface area contributed by atoms with Gasteiger partial charge >= 0.3 is 0 Å². The molecule has 2 N–H and O–H groups in total. The van der Waals surface area contributed by atoms with Gasteiger partial charge in [0.15, 0.2) is 0 Å². The number of hydrogen-bond acceptors (Lipinski definition) is 3. The molecule has 2 aliphatic rings. The smallest absolute Gasteiger partial charge is 0.223 e. The van der Waals surface area contributed by atoms with E-state index in [-0.39, 0.29) is 23.9 Å². The van der Waals surface area contributed by atoms with Gasteiger partial charge in [0.05, 0.1) is 17.7 Å². The van der Waals surface area contributed by atoms with Crippen LogP contribution in [0.2, 0.25) is 5.02 Å². The zero-order valence-electron chi connectivity index (χ0n) is 17.6. The fraction of sp³-hybridized carbons (Fsp3) is 0.480. The average Bonchev–Trinajstić information content (AvgIpc) is 3.28. The molecule has 30 heavy (non-hydrogen) atoms. The lowest BCUT2D eigenvalue weighted by Gasteiger charge is -2.49.